The molecule has 4 aliphatic rings. The highest BCUT2D eigenvalue weighted by molar-refractivity contribution is 5.83. The number of hydrogen-bond acceptors (Lipinski definition) is 5. The van der Waals surface area contributed by atoms with Crippen LogP contribution in [-0.4, -0.2) is 45.0 Å². The van der Waals surface area contributed by atoms with E-state index in [1.54, 1.807) is 10.9 Å². The van der Waals surface area contributed by atoms with Crippen LogP contribution in [0.25, 0.3) is 11.0 Å². The van der Waals surface area contributed by atoms with Gasteiger partial charge in [0.05, 0.1) is 18.8 Å². The molecule has 2 heterocycles. The summed E-state index contributed by atoms with van der Waals surface area (Å²) in [4.78, 5) is 18.0. The molecule has 0 unspecified atom stereocenters. The molecule has 35 heavy (non-hydrogen) atoms. The monoisotopic (exact) mass is 479 g/mol. The lowest BCUT2D eigenvalue weighted by Crippen LogP contribution is -2.58. The Bertz CT molecular complexity index is 1080. The molecule has 8 atom stereocenters. The van der Waals surface area contributed by atoms with Gasteiger partial charge in [-0.05, 0) is 111 Å². The van der Waals surface area contributed by atoms with E-state index in [1.165, 1.54) is 25.7 Å². The molecule has 6 rings (SSSR count). The van der Waals surface area contributed by atoms with Gasteiger partial charge in [0.25, 0.3) is 0 Å². The molecule has 0 bridgehead atoms. The number of methoxy groups -OCH3 is 1. The number of carbonyl (C=O) groups excluding carboxylic acids is 1. The van der Waals surface area contributed by atoms with E-state index in [0.29, 0.717) is 41.6 Å². The quantitative estimate of drug-likeness (QED) is 0.650. The van der Waals surface area contributed by atoms with Gasteiger partial charge in [0.2, 0.25) is 0 Å². The van der Waals surface area contributed by atoms with Crippen molar-refractivity contribution in [3.8, 4) is 0 Å². The summed E-state index contributed by atoms with van der Waals surface area (Å²) in [5.74, 6) is 2.97. The Morgan fingerprint density at radius 2 is 2.00 bits per heavy atom. The smallest absolute Gasteiger partial charge is 0.181 e. The number of hydrogen-bond donors (Lipinski definition) is 1. The number of rotatable bonds is 5. The van der Waals surface area contributed by atoms with Crippen molar-refractivity contribution < 1.29 is 14.6 Å². The maximum atomic E-state index is 13.6. The van der Waals surface area contributed by atoms with Crippen molar-refractivity contribution in [2.75, 3.05) is 13.7 Å². The Hall–Kier alpha value is -1.79. The fourth-order valence-corrected chi connectivity index (χ4v) is 9.57. The molecule has 6 heteroatoms. The van der Waals surface area contributed by atoms with Gasteiger partial charge >= 0.3 is 0 Å². The molecule has 0 saturated heterocycles. The SMILES string of the molecule is COC[C@]12CC[C@@](C)(O)C[C@H]1CC[C@H]1[C@@H]3CC[C@H](C(=O)Cn4cc5cccnc5n4)[C@@]3(C)CC[C@@H]12. The number of ether oxygens (including phenoxy) is 1. The molecule has 1 N–H and O–H groups in total. The summed E-state index contributed by atoms with van der Waals surface area (Å²) >= 11 is 0. The van der Waals surface area contributed by atoms with Gasteiger partial charge in [0.1, 0.15) is 0 Å². The molecule has 2 aromatic heterocycles. The predicted molar refractivity (Wildman–Crippen MR) is 135 cm³/mol. The second kappa shape index (κ2) is 8.37. The van der Waals surface area contributed by atoms with E-state index in [1.807, 2.05) is 32.4 Å². The second-order valence-electron chi connectivity index (χ2n) is 12.9. The Labute approximate surface area is 208 Å². The average molecular weight is 480 g/mol. The number of carbonyl (C=O) groups is 1. The van der Waals surface area contributed by atoms with Gasteiger partial charge in [-0.2, -0.15) is 5.10 Å². The van der Waals surface area contributed by atoms with E-state index in [0.717, 1.165) is 44.1 Å². The summed E-state index contributed by atoms with van der Waals surface area (Å²) in [6.45, 7) is 5.62. The van der Waals surface area contributed by atoms with Gasteiger partial charge in [-0.3, -0.25) is 9.48 Å². The molecule has 4 saturated carbocycles. The first-order valence-corrected chi connectivity index (χ1v) is 13.8. The van der Waals surface area contributed by atoms with Crippen molar-refractivity contribution in [1.29, 1.82) is 0 Å². The van der Waals surface area contributed by atoms with Crippen molar-refractivity contribution in [1.82, 2.24) is 14.8 Å². The third-order valence-corrected chi connectivity index (χ3v) is 11.1. The highest BCUT2D eigenvalue weighted by Gasteiger charge is 2.63. The van der Waals surface area contributed by atoms with E-state index in [-0.39, 0.29) is 16.7 Å². The summed E-state index contributed by atoms with van der Waals surface area (Å²) < 4.78 is 7.70. The van der Waals surface area contributed by atoms with Crippen LogP contribution in [0.2, 0.25) is 0 Å². The lowest BCUT2D eigenvalue weighted by Gasteiger charge is -2.62. The maximum absolute atomic E-state index is 13.6. The maximum Gasteiger partial charge on any atom is 0.181 e. The lowest BCUT2D eigenvalue weighted by molar-refractivity contribution is -0.175. The molecular weight excluding hydrogens is 438 g/mol. The zero-order valence-electron chi connectivity index (χ0n) is 21.6. The van der Waals surface area contributed by atoms with Crippen LogP contribution < -0.4 is 0 Å². The molecule has 0 radical (unpaired) electrons. The highest BCUT2D eigenvalue weighted by atomic mass is 16.5. The van der Waals surface area contributed by atoms with Gasteiger partial charge in [-0.1, -0.05) is 6.92 Å². The van der Waals surface area contributed by atoms with Crippen LogP contribution in [0.1, 0.15) is 71.6 Å². The molecule has 0 amide bonds. The van der Waals surface area contributed by atoms with Gasteiger partial charge in [-0.25, -0.2) is 4.98 Å². The van der Waals surface area contributed by atoms with Crippen LogP contribution >= 0.6 is 0 Å². The van der Waals surface area contributed by atoms with E-state index in [4.69, 9.17) is 4.74 Å². The molecule has 0 aromatic carbocycles. The summed E-state index contributed by atoms with van der Waals surface area (Å²) in [7, 11) is 1.85. The molecule has 190 valence electrons. The summed E-state index contributed by atoms with van der Waals surface area (Å²) in [5, 5.41) is 16.4. The fraction of sp³-hybridized carbons (Fsp3) is 0.759. The molecule has 4 aliphatic carbocycles. The third-order valence-electron chi connectivity index (χ3n) is 11.1. The molecule has 0 spiro atoms. The van der Waals surface area contributed by atoms with Crippen LogP contribution in [-0.2, 0) is 16.1 Å². The standard InChI is InChI=1S/C29H41N3O3/c1-27(34)12-13-29(18-35-3)20(15-27)6-7-21-22-8-9-24(28(22,2)11-10-23(21)29)25(33)17-32-16-19-5-4-14-30-26(19)31-32/h4-5,14,16,20-24,34H,6-13,15,17-18H2,1-3H3/t20-,21+,22+,23+,24-,27-,28+,29-/m1/s1. The zero-order chi connectivity index (χ0) is 24.4. The van der Waals surface area contributed by atoms with Crippen molar-refractivity contribution in [3.05, 3.63) is 24.5 Å². The first-order chi connectivity index (χ1) is 16.8. The predicted octanol–water partition coefficient (Wildman–Crippen LogP) is 5.04. The van der Waals surface area contributed by atoms with Gasteiger partial charge in [-0.15, -0.1) is 0 Å². The third kappa shape index (κ3) is 3.69. The molecule has 6 nitrogen and oxygen atoms in total. The van der Waals surface area contributed by atoms with Gasteiger partial charge in [0.15, 0.2) is 11.4 Å². The topological polar surface area (TPSA) is 77.2 Å². The summed E-state index contributed by atoms with van der Waals surface area (Å²) in [5.41, 5.74) is 0.467. The van der Waals surface area contributed by atoms with Crippen LogP contribution in [0.5, 0.6) is 0 Å². The van der Waals surface area contributed by atoms with Crippen LogP contribution in [0.4, 0.5) is 0 Å². The fourth-order valence-electron chi connectivity index (χ4n) is 9.57. The Morgan fingerprint density at radius 1 is 1.14 bits per heavy atom. The first-order valence-electron chi connectivity index (χ1n) is 13.8. The van der Waals surface area contributed by atoms with Crippen LogP contribution in [0, 0.1) is 40.4 Å². The lowest BCUT2D eigenvalue weighted by atomic mass is 9.43. The van der Waals surface area contributed by atoms with E-state index < -0.39 is 5.60 Å². The minimum absolute atomic E-state index is 0.0876. The molecule has 2 aromatic rings. The van der Waals surface area contributed by atoms with E-state index in [9.17, 15) is 9.90 Å². The first kappa shape index (κ1) is 23.6. The number of ketones is 1. The number of Topliss-reactive ketones (excluding diaryl/α,β-unsaturated/α-hetero) is 1. The van der Waals surface area contributed by atoms with Gasteiger partial charge < -0.3 is 9.84 Å². The number of nitrogens with zero attached hydrogens (tertiary/aromatic N) is 3. The second-order valence-corrected chi connectivity index (χ2v) is 12.9. The van der Waals surface area contributed by atoms with Crippen molar-refractivity contribution in [3.63, 3.8) is 0 Å². The normalized spacial score (nSPS) is 42.9. The Balaban J connectivity index is 1.23. The minimum Gasteiger partial charge on any atom is -0.390 e. The van der Waals surface area contributed by atoms with E-state index in [2.05, 4.69) is 17.0 Å². The molecule has 0 aliphatic heterocycles. The largest absolute Gasteiger partial charge is 0.390 e. The van der Waals surface area contributed by atoms with Crippen molar-refractivity contribution >= 4 is 16.8 Å². The zero-order valence-corrected chi connectivity index (χ0v) is 21.6. The van der Waals surface area contributed by atoms with Crippen LogP contribution in [0.15, 0.2) is 24.5 Å². The number of aliphatic hydroxyl groups is 1. The Morgan fingerprint density at radius 3 is 2.80 bits per heavy atom. The molecular formula is C29H41N3O3. The minimum atomic E-state index is -0.532. The van der Waals surface area contributed by atoms with Crippen LogP contribution in [0.3, 0.4) is 0 Å². The number of aromatic nitrogens is 3. The van der Waals surface area contributed by atoms with Crippen molar-refractivity contribution in [2.24, 2.45) is 40.4 Å². The Kier molecular flexibility index (Phi) is 5.65. The average Bonchev–Trinajstić information content (AvgIpc) is 3.39. The number of pyridine rings is 1. The summed E-state index contributed by atoms with van der Waals surface area (Å²) in [6.07, 6.45) is 13.5. The summed E-state index contributed by atoms with van der Waals surface area (Å²) in [6, 6.07) is 3.91. The van der Waals surface area contributed by atoms with Gasteiger partial charge in [0, 0.05) is 30.8 Å². The molecule has 4 fully saturated rings. The van der Waals surface area contributed by atoms with Crippen molar-refractivity contribution in [2.45, 2.75) is 83.8 Å². The number of fused-ring (bicyclic) bond motifs is 6. The highest BCUT2D eigenvalue weighted by Crippen LogP contribution is 2.68. The van der Waals surface area contributed by atoms with E-state index >= 15 is 0 Å².